The number of methoxy groups -OCH3 is 1. The molecule has 1 heterocycles. The van der Waals surface area contributed by atoms with E-state index in [9.17, 15) is 9.90 Å². The number of hydrogen-bond acceptors (Lipinski definition) is 3. The van der Waals surface area contributed by atoms with E-state index in [1.807, 2.05) is 42.7 Å². The highest BCUT2D eigenvalue weighted by Crippen LogP contribution is 2.35. The van der Waals surface area contributed by atoms with Crippen LogP contribution < -0.4 is 0 Å². The number of nitrogens with zero attached hydrogens (tertiary/aromatic N) is 1. The summed E-state index contributed by atoms with van der Waals surface area (Å²) < 4.78 is 6.83. The topological polar surface area (TPSA) is 51.5 Å². The van der Waals surface area contributed by atoms with E-state index < -0.39 is 0 Å². The van der Waals surface area contributed by atoms with Crippen molar-refractivity contribution in [1.82, 2.24) is 4.57 Å². The minimum absolute atomic E-state index is 0.143. The first-order chi connectivity index (χ1) is 11.9. The lowest BCUT2D eigenvalue weighted by atomic mass is 10.1. The molecule has 5 heteroatoms. The van der Waals surface area contributed by atoms with E-state index in [2.05, 4.69) is 0 Å². The van der Waals surface area contributed by atoms with E-state index in [1.54, 1.807) is 24.3 Å². The normalized spacial score (nSPS) is 10.7. The molecule has 3 rings (SSSR count). The van der Waals surface area contributed by atoms with Crippen molar-refractivity contribution in [3.8, 4) is 22.7 Å². The minimum atomic E-state index is -0.378. The zero-order valence-corrected chi connectivity index (χ0v) is 15.0. The van der Waals surface area contributed by atoms with Crippen LogP contribution in [0.15, 0.2) is 48.5 Å². The number of phenols is 1. The molecule has 0 saturated heterocycles. The van der Waals surface area contributed by atoms with Crippen molar-refractivity contribution in [2.75, 3.05) is 7.11 Å². The van der Waals surface area contributed by atoms with Crippen molar-refractivity contribution in [3.05, 3.63) is 70.4 Å². The maximum absolute atomic E-state index is 12.0. The van der Waals surface area contributed by atoms with Crippen LogP contribution in [0.1, 0.15) is 21.6 Å². The number of aromatic hydroxyl groups is 1. The lowest BCUT2D eigenvalue weighted by molar-refractivity contribution is 0.0600. The van der Waals surface area contributed by atoms with E-state index in [4.69, 9.17) is 16.3 Å². The van der Waals surface area contributed by atoms with Crippen LogP contribution in [0.4, 0.5) is 0 Å². The molecule has 2 aromatic carbocycles. The minimum Gasteiger partial charge on any atom is -0.507 e. The first kappa shape index (κ1) is 17.1. The second-order valence-electron chi connectivity index (χ2n) is 5.85. The molecule has 0 aliphatic rings. The number of carbonyl (C=O) groups excluding carboxylic acids is 1. The van der Waals surface area contributed by atoms with Crippen LogP contribution in [0.5, 0.6) is 5.75 Å². The van der Waals surface area contributed by atoms with Gasteiger partial charge in [-0.15, -0.1) is 0 Å². The average molecular weight is 356 g/mol. The molecular weight excluding hydrogens is 338 g/mol. The van der Waals surface area contributed by atoms with Gasteiger partial charge in [0.2, 0.25) is 0 Å². The number of benzene rings is 2. The van der Waals surface area contributed by atoms with Gasteiger partial charge in [-0.1, -0.05) is 17.7 Å². The van der Waals surface area contributed by atoms with E-state index in [-0.39, 0.29) is 11.7 Å². The fourth-order valence-electron chi connectivity index (χ4n) is 2.88. The fraction of sp³-hybridized carbons (Fsp3) is 0.150. The van der Waals surface area contributed by atoms with Gasteiger partial charge in [0, 0.05) is 22.0 Å². The smallest absolute Gasteiger partial charge is 0.338 e. The summed E-state index contributed by atoms with van der Waals surface area (Å²) in [4.78, 5) is 12.0. The van der Waals surface area contributed by atoms with E-state index in [1.165, 1.54) is 7.11 Å². The molecular formula is C20H18ClNO3. The predicted octanol–water partition coefficient (Wildman–Crippen LogP) is 4.91. The summed E-state index contributed by atoms with van der Waals surface area (Å²) in [5.74, 6) is -0.236. The van der Waals surface area contributed by atoms with Crippen LogP contribution >= 0.6 is 11.6 Å². The van der Waals surface area contributed by atoms with E-state index in [0.29, 0.717) is 16.1 Å². The number of aryl methyl sites for hydroxylation is 2. The highest BCUT2D eigenvalue weighted by Gasteiger charge is 2.16. The Morgan fingerprint density at radius 2 is 1.84 bits per heavy atom. The molecule has 0 unspecified atom stereocenters. The van der Waals surface area contributed by atoms with Crippen LogP contribution in [-0.2, 0) is 4.74 Å². The van der Waals surface area contributed by atoms with Gasteiger partial charge in [0.05, 0.1) is 18.4 Å². The lowest BCUT2D eigenvalue weighted by Crippen LogP contribution is -2.06. The molecule has 0 amide bonds. The molecule has 0 aliphatic carbocycles. The maximum atomic E-state index is 12.0. The molecule has 0 bridgehead atoms. The highest BCUT2D eigenvalue weighted by atomic mass is 35.5. The zero-order valence-electron chi connectivity index (χ0n) is 14.2. The summed E-state index contributed by atoms with van der Waals surface area (Å²) in [5, 5.41) is 10.8. The Balaban J connectivity index is 2.21. The van der Waals surface area contributed by atoms with Crippen molar-refractivity contribution < 1.29 is 14.6 Å². The van der Waals surface area contributed by atoms with Gasteiger partial charge in [0.15, 0.2) is 0 Å². The molecule has 0 fully saturated rings. The number of carbonyl (C=O) groups is 1. The largest absolute Gasteiger partial charge is 0.507 e. The summed E-state index contributed by atoms with van der Waals surface area (Å²) in [6.07, 6.45) is 0. The molecule has 128 valence electrons. The molecule has 25 heavy (non-hydrogen) atoms. The number of halogens is 1. The summed E-state index contributed by atoms with van der Waals surface area (Å²) in [7, 11) is 1.37. The van der Waals surface area contributed by atoms with Crippen molar-refractivity contribution in [1.29, 1.82) is 0 Å². The molecule has 0 aliphatic heterocycles. The average Bonchev–Trinajstić information content (AvgIpc) is 2.98. The number of esters is 1. The van der Waals surface area contributed by atoms with Crippen molar-refractivity contribution in [3.63, 3.8) is 0 Å². The fourth-order valence-corrected chi connectivity index (χ4v) is 3.06. The van der Waals surface area contributed by atoms with Gasteiger partial charge in [-0.3, -0.25) is 0 Å². The SMILES string of the molecule is COC(=O)c1cc(-n2c(C)ccc2-c2cc(Cl)ccc2O)ccc1C. The Morgan fingerprint density at radius 1 is 1.08 bits per heavy atom. The van der Waals surface area contributed by atoms with Crippen LogP contribution in [0, 0.1) is 13.8 Å². The second kappa shape index (κ2) is 6.65. The van der Waals surface area contributed by atoms with Gasteiger partial charge in [0.1, 0.15) is 5.75 Å². The monoisotopic (exact) mass is 355 g/mol. The third-order valence-corrected chi connectivity index (χ3v) is 4.43. The van der Waals surface area contributed by atoms with Crippen LogP contribution in [0.25, 0.3) is 16.9 Å². The maximum Gasteiger partial charge on any atom is 0.338 e. The lowest BCUT2D eigenvalue weighted by Gasteiger charge is -2.15. The first-order valence-corrected chi connectivity index (χ1v) is 8.16. The summed E-state index contributed by atoms with van der Waals surface area (Å²) >= 11 is 6.10. The van der Waals surface area contributed by atoms with Gasteiger partial charge in [0.25, 0.3) is 0 Å². The highest BCUT2D eigenvalue weighted by molar-refractivity contribution is 6.31. The van der Waals surface area contributed by atoms with Crippen molar-refractivity contribution in [2.24, 2.45) is 0 Å². The number of ether oxygens (including phenoxy) is 1. The van der Waals surface area contributed by atoms with Gasteiger partial charge >= 0.3 is 5.97 Å². The second-order valence-corrected chi connectivity index (χ2v) is 6.28. The van der Waals surface area contributed by atoms with Crippen molar-refractivity contribution in [2.45, 2.75) is 13.8 Å². The zero-order chi connectivity index (χ0) is 18.1. The molecule has 3 aromatic rings. The summed E-state index contributed by atoms with van der Waals surface area (Å²) in [5.41, 5.74) is 4.54. The molecule has 0 atom stereocenters. The number of hydrogen-bond donors (Lipinski definition) is 1. The molecule has 1 N–H and O–H groups in total. The van der Waals surface area contributed by atoms with Gasteiger partial charge in [-0.2, -0.15) is 0 Å². The molecule has 4 nitrogen and oxygen atoms in total. The molecule has 0 saturated carbocycles. The third-order valence-electron chi connectivity index (χ3n) is 4.20. The van der Waals surface area contributed by atoms with Gasteiger partial charge in [-0.05, 0) is 61.9 Å². The quantitative estimate of drug-likeness (QED) is 0.679. The first-order valence-electron chi connectivity index (χ1n) is 7.79. The standard InChI is InChI=1S/C20H18ClNO3/c1-12-4-7-15(11-16(12)20(24)25-3)22-13(2)5-8-18(22)17-10-14(21)6-9-19(17)23/h4-11,23H,1-3H3. The van der Waals surface area contributed by atoms with Gasteiger partial charge in [-0.25, -0.2) is 4.79 Å². The Morgan fingerprint density at radius 3 is 2.56 bits per heavy atom. The Labute approximate surface area is 151 Å². The Hall–Kier alpha value is -2.72. The number of rotatable bonds is 3. The molecule has 0 radical (unpaired) electrons. The Kier molecular flexibility index (Phi) is 4.55. The number of phenolic OH excluding ortho intramolecular Hbond substituents is 1. The summed E-state index contributed by atoms with van der Waals surface area (Å²) in [6.45, 7) is 3.82. The van der Waals surface area contributed by atoms with Crippen LogP contribution in [0.3, 0.4) is 0 Å². The van der Waals surface area contributed by atoms with Gasteiger partial charge < -0.3 is 14.4 Å². The van der Waals surface area contributed by atoms with Crippen LogP contribution in [0.2, 0.25) is 5.02 Å². The van der Waals surface area contributed by atoms with Crippen LogP contribution in [-0.4, -0.2) is 22.8 Å². The third kappa shape index (κ3) is 3.13. The number of aromatic nitrogens is 1. The molecule has 0 spiro atoms. The van der Waals surface area contributed by atoms with E-state index in [0.717, 1.165) is 22.6 Å². The predicted molar refractivity (Wildman–Crippen MR) is 98.7 cm³/mol. The van der Waals surface area contributed by atoms with Crippen molar-refractivity contribution >= 4 is 17.6 Å². The van der Waals surface area contributed by atoms with E-state index >= 15 is 0 Å². The summed E-state index contributed by atoms with van der Waals surface area (Å²) in [6, 6.07) is 14.4. The Bertz CT molecular complexity index is 960. The molecule has 1 aromatic heterocycles.